The van der Waals surface area contributed by atoms with Crippen molar-refractivity contribution in [3.63, 3.8) is 0 Å². The predicted molar refractivity (Wildman–Crippen MR) is 74.2 cm³/mol. The molecule has 0 fully saturated rings. The number of aliphatic hydroxyl groups excluding tert-OH is 1. The third-order valence-corrected chi connectivity index (χ3v) is 3.12. The Morgan fingerprint density at radius 3 is 3.00 bits per heavy atom. The number of hydrogen-bond acceptors (Lipinski definition) is 5. The van der Waals surface area contributed by atoms with E-state index in [-0.39, 0.29) is 18.6 Å². The molecule has 6 heteroatoms. The van der Waals surface area contributed by atoms with Crippen molar-refractivity contribution in [1.82, 2.24) is 0 Å². The number of fused-ring (bicyclic) bond motifs is 1. The molecule has 104 valence electrons. The van der Waals surface area contributed by atoms with Crippen LogP contribution in [0.1, 0.15) is 12.0 Å². The fourth-order valence-corrected chi connectivity index (χ4v) is 2.13. The Balaban J connectivity index is 2.20. The zero-order valence-electron chi connectivity index (χ0n) is 10.9. The standard InChI is InChI=1S/C13H19N3O3/c1-19-7-9(6-17)15-12-4-8-2-3-13(18)16-11(8)5-10(12)14/h4-5,9,15,17H,2-3,6-7,14H2,1H3,(H,16,18). The third kappa shape index (κ3) is 3.15. The summed E-state index contributed by atoms with van der Waals surface area (Å²) in [6.45, 7) is 0.352. The molecule has 2 rings (SSSR count). The van der Waals surface area contributed by atoms with Crippen LogP contribution in [0.3, 0.4) is 0 Å². The maximum Gasteiger partial charge on any atom is 0.224 e. The van der Waals surface area contributed by atoms with Crippen molar-refractivity contribution in [1.29, 1.82) is 0 Å². The summed E-state index contributed by atoms with van der Waals surface area (Å²) in [7, 11) is 1.58. The molecule has 0 aromatic heterocycles. The molecule has 0 saturated heterocycles. The number of carbonyl (C=O) groups excluding carboxylic acids is 1. The van der Waals surface area contributed by atoms with E-state index in [0.29, 0.717) is 25.1 Å². The van der Waals surface area contributed by atoms with Crippen LogP contribution in [0.15, 0.2) is 12.1 Å². The molecule has 1 aliphatic heterocycles. The van der Waals surface area contributed by atoms with E-state index in [2.05, 4.69) is 10.6 Å². The molecule has 0 saturated carbocycles. The lowest BCUT2D eigenvalue weighted by Gasteiger charge is -2.22. The van der Waals surface area contributed by atoms with Crippen molar-refractivity contribution >= 4 is 23.0 Å². The van der Waals surface area contributed by atoms with Crippen LogP contribution in [0.25, 0.3) is 0 Å². The molecule has 1 heterocycles. The molecule has 1 aromatic carbocycles. The summed E-state index contributed by atoms with van der Waals surface area (Å²) >= 11 is 0. The molecule has 19 heavy (non-hydrogen) atoms. The van der Waals surface area contributed by atoms with Gasteiger partial charge in [0.25, 0.3) is 0 Å². The summed E-state index contributed by atoms with van der Waals surface area (Å²) in [6, 6.07) is 3.46. The quantitative estimate of drug-likeness (QED) is 0.584. The van der Waals surface area contributed by atoms with Crippen molar-refractivity contribution < 1.29 is 14.6 Å². The SMILES string of the molecule is COCC(CO)Nc1cc2c(cc1N)NC(=O)CC2. The van der Waals surface area contributed by atoms with Gasteiger partial charge in [0.15, 0.2) is 0 Å². The van der Waals surface area contributed by atoms with Crippen LogP contribution in [0.4, 0.5) is 17.1 Å². The Bertz CT molecular complexity index is 476. The number of aryl methyl sites for hydroxylation is 1. The number of carbonyl (C=O) groups is 1. The van der Waals surface area contributed by atoms with E-state index in [1.807, 2.05) is 6.07 Å². The third-order valence-electron chi connectivity index (χ3n) is 3.12. The van der Waals surface area contributed by atoms with E-state index < -0.39 is 0 Å². The van der Waals surface area contributed by atoms with E-state index in [9.17, 15) is 9.90 Å². The van der Waals surface area contributed by atoms with E-state index in [1.165, 1.54) is 0 Å². The molecule has 0 aliphatic carbocycles. The fourth-order valence-electron chi connectivity index (χ4n) is 2.13. The van der Waals surface area contributed by atoms with E-state index in [4.69, 9.17) is 10.5 Å². The van der Waals surface area contributed by atoms with Gasteiger partial charge in [-0.05, 0) is 24.1 Å². The number of rotatable bonds is 5. The lowest BCUT2D eigenvalue weighted by Crippen LogP contribution is -2.29. The minimum atomic E-state index is -0.205. The van der Waals surface area contributed by atoms with Crippen molar-refractivity contribution in [2.75, 3.05) is 36.7 Å². The summed E-state index contributed by atoms with van der Waals surface area (Å²) in [5.74, 6) is 0.0141. The van der Waals surface area contributed by atoms with Gasteiger partial charge in [-0.1, -0.05) is 0 Å². The normalized spacial score (nSPS) is 15.6. The number of anilines is 3. The second kappa shape index (κ2) is 5.90. The van der Waals surface area contributed by atoms with Gasteiger partial charge in [-0.15, -0.1) is 0 Å². The van der Waals surface area contributed by atoms with Crippen molar-refractivity contribution in [2.24, 2.45) is 0 Å². The number of aliphatic hydroxyl groups is 1. The van der Waals surface area contributed by atoms with Crippen molar-refractivity contribution in [3.05, 3.63) is 17.7 Å². The number of nitrogens with two attached hydrogens (primary N) is 1. The van der Waals surface area contributed by atoms with Gasteiger partial charge >= 0.3 is 0 Å². The predicted octanol–water partition coefficient (Wildman–Crippen LogP) is 0.573. The topological polar surface area (TPSA) is 96.6 Å². The first-order valence-electron chi connectivity index (χ1n) is 6.22. The molecular formula is C13H19N3O3. The number of methoxy groups -OCH3 is 1. The highest BCUT2D eigenvalue weighted by Gasteiger charge is 2.17. The number of nitrogens with one attached hydrogen (secondary N) is 2. The molecule has 1 aliphatic rings. The molecule has 1 amide bonds. The number of amides is 1. The summed E-state index contributed by atoms with van der Waals surface area (Å²) in [6.07, 6.45) is 1.18. The monoisotopic (exact) mass is 265 g/mol. The minimum absolute atomic E-state index is 0.0141. The van der Waals surface area contributed by atoms with Crippen LogP contribution in [-0.4, -0.2) is 37.4 Å². The Morgan fingerprint density at radius 1 is 1.53 bits per heavy atom. The second-order valence-corrected chi connectivity index (χ2v) is 4.62. The Kier molecular flexibility index (Phi) is 4.24. The van der Waals surface area contributed by atoms with Crippen LogP contribution in [0.5, 0.6) is 0 Å². The number of nitrogen functional groups attached to an aromatic ring is 1. The Morgan fingerprint density at radius 2 is 2.32 bits per heavy atom. The molecule has 6 nitrogen and oxygen atoms in total. The van der Waals surface area contributed by atoms with Gasteiger partial charge in [-0.25, -0.2) is 0 Å². The lowest BCUT2D eigenvalue weighted by atomic mass is 10.0. The highest BCUT2D eigenvalue weighted by atomic mass is 16.5. The summed E-state index contributed by atoms with van der Waals surface area (Å²) in [5.41, 5.74) is 9.06. The first-order valence-corrected chi connectivity index (χ1v) is 6.22. The zero-order valence-corrected chi connectivity index (χ0v) is 10.9. The van der Waals surface area contributed by atoms with E-state index in [1.54, 1.807) is 13.2 Å². The number of benzene rings is 1. The van der Waals surface area contributed by atoms with Gasteiger partial charge in [0, 0.05) is 19.2 Å². The number of ether oxygens (including phenoxy) is 1. The van der Waals surface area contributed by atoms with Gasteiger partial charge in [0.2, 0.25) is 5.91 Å². The van der Waals surface area contributed by atoms with Gasteiger partial charge in [0.1, 0.15) is 0 Å². The van der Waals surface area contributed by atoms with Crippen LogP contribution in [0, 0.1) is 0 Å². The highest BCUT2D eigenvalue weighted by Crippen LogP contribution is 2.31. The van der Waals surface area contributed by atoms with Crippen LogP contribution in [-0.2, 0) is 16.0 Å². The number of hydrogen-bond donors (Lipinski definition) is 4. The first-order chi connectivity index (χ1) is 9.13. The van der Waals surface area contributed by atoms with Crippen LogP contribution < -0.4 is 16.4 Å². The second-order valence-electron chi connectivity index (χ2n) is 4.62. The lowest BCUT2D eigenvalue weighted by molar-refractivity contribution is -0.116. The fraction of sp³-hybridized carbons (Fsp3) is 0.462. The average molecular weight is 265 g/mol. The largest absolute Gasteiger partial charge is 0.397 e. The Labute approximate surface area is 111 Å². The first kappa shape index (κ1) is 13.6. The Hall–Kier alpha value is -1.79. The molecule has 0 spiro atoms. The van der Waals surface area contributed by atoms with Gasteiger partial charge in [-0.3, -0.25) is 4.79 Å². The molecule has 0 radical (unpaired) electrons. The average Bonchev–Trinajstić information content (AvgIpc) is 2.39. The highest BCUT2D eigenvalue weighted by molar-refractivity contribution is 5.95. The smallest absolute Gasteiger partial charge is 0.224 e. The molecule has 0 bridgehead atoms. The van der Waals surface area contributed by atoms with E-state index in [0.717, 1.165) is 16.9 Å². The summed E-state index contributed by atoms with van der Waals surface area (Å²) < 4.78 is 5.01. The summed E-state index contributed by atoms with van der Waals surface area (Å²) in [4.78, 5) is 11.3. The van der Waals surface area contributed by atoms with E-state index >= 15 is 0 Å². The molecular weight excluding hydrogens is 246 g/mol. The van der Waals surface area contributed by atoms with Gasteiger partial charge in [0.05, 0.1) is 30.6 Å². The van der Waals surface area contributed by atoms with Crippen molar-refractivity contribution in [2.45, 2.75) is 18.9 Å². The molecule has 1 unspecified atom stereocenters. The van der Waals surface area contributed by atoms with Crippen LogP contribution >= 0.6 is 0 Å². The minimum Gasteiger partial charge on any atom is -0.397 e. The van der Waals surface area contributed by atoms with Crippen molar-refractivity contribution in [3.8, 4) is 0 Å². The summed E-state index contributed by atoms with van der Waals surface area (Å²) in [5, 5.41) is 15.2. The van der Waals surface area contributed by atoms with Crippen LogP contribution in [0.2, 0.25) is 0 Å². The zero-order chi connectivity index (χ0) is 13.8. The molecule has 1 aromatic rings. The van der Waals surface area contributed by atoms with Gasteiger partial charge < -0.3 is 26.2 Å². The van der Waals surface area contributed by atoms with Gasteiger partial charge in [-0.2, -0.15) is 0 Å². The maximum absolute atomic E-state index is 11.3. The molecule has 1 atom stereocenters. The molecule has 5 N–H and O–H groups in total. The maximum atomic E-state index is 11.3.